The van der Waals surface area contributed by atoms with E-state index in [1.54, 1.807) is 6.07 Å². The summed E-state index contributed by atoms with van der Waals surface area (Å²) >= 11 is 0. The topological polar surface area (TPSA) is 72.2 Å². The highest BCUT2D eigenvalue weighted by atomic mass is 32.2. The second kappa shape index (κ2) is 5.49. The highest BCUT2D eigenvalue weighted by molar-refractivity contribution is 7.89. The number of nitrogens with zero attached hydrogens (tertiary/aromatic N) is 1. The molecule has 2 aromatic rings. The SMILES string of the molecule is CCCCS(=O)(=O)NCc1ccc2ncoc2c1. The Morgan fingerprint density at radius 1 is 1.39 bits per heavy atom. The van der Waals surface area contributed by atoms with E-state index in [0.717, 1.165) is 17.5 Å². The first kappa shape index (κ1) is 13.0. The molecule has 18 heavy (non-hydrogen) atoms. The van der Waals surface area contributed by atoms with Gasteiger partial charge in [0.25, 0.3) is 0 Å². The summed E-state index contributed by atoms with van der Waals surface area (Å²) in [4.78, 5) is 4.00. The van der Waals surface area contributed by atoms with Gasteiger partial charge in [0, 0.05) is 6.54 Å². The first-order valence-electron chi connectivity index (χ1n) is 5.90. The van der Waals surface area contributed by atoms with Crippen molar-refractivity contribution in [3.63, 3.8) is 0 Å². The lowest BCUT2D eigenvalue weighted by molar-refractivity contribution is 0.577. The van der Waals surface area contributed by atoms with Crippen LogP contribution in [0.5, 0.6) is 0 Å². The van der Waals surface area contributed by atoms with Crippen LogP contribution in [0.15, 0.2) is 29.0 Å². The predicted octanol–water partition coefficient (Wildman–Crippen LogP) is 2.05. The van der Waals surface area contributed by atoms with E-state index in [-0.39, 0.29) is 12.3 Å². The van der Waals surface area contributed by atoms with Crippen molar-refractivity contribution >= 4 is 21.1 Å². The fourth-order valence-electron chi connectivity index (χ4n) is 1.61. The van der Waals surface area contributed by atoms with Crippen LogP contribution in [0.4, 0.5) is 0 Å². The smallest absolute Gasteiger partial charge is 0.211 e. The number of hydrogen-bond acceptors (Lipinski definition) is 4. The minimum absolute atomic E-state index is 0.175. The minimum Gasteiger partial charge on any atom is -0.443 e. The minimum atomic E-state index is -3.18. The summed E-state index contributed by atoms with van der Waals surface area (Å²) in [6, 6.07) is 5.45. The lowest BCUT2D eigenvalue weighted by Gasteiger charge is -2.05. The van der Waals surface area contributed by atoms with Crippen LogP contribution in [0, 0.1) is 0 Å². The summed E-state index contributed by atoms with van der Waals surface area (Å²) in [6.45, 7) is 2.25. The van der Waals surface area contributed by atoms with Gasteiger partial charge in [-0.3, -0.25) is 0 Å². The zero-order chi connectivity index (χ0) is 13.0. The molecule has 0 unspecified atom stereocenters. The van der Waals surface area contributed by atoms with Gasteiger partial charge in [0.2, 0.25) is 10.0 Å². The third-order valence-corrected chi connectivity index (χ3v) is 4.07. The van der Waals surface area contributed by atoms with E-state index >= 15 is 0 Å². The number of benzene rings is 1. The molecule has 1 aromatic heterocycles. The largest absolute Gasteiger partial charge is 0.443 e. The molecule has 1 aromatic carbocycles. The van der Waals surface area contributed by atoms with Crippen LogP contribution >= 0.6 is 0 Å². The number of nitrogens with one attached hydrogen (secondary N) is 1. The van der Waals surface area contributed by atoms with Crippen LogP contribution < -0.4 is 4.72 Å². The Morgan fingerprint density at radius 2 is 2.22 bits per heavy atom. The fourth-order valence-corrected chi connectivity index (χ4v) is 2.81. The second-order valence-corrected chi connectivity index (χ2v) is 6.07. The maximum absolute atomic E-state index is 11.6. The van der Waals surface area contributed by atoms with Gasteiger partial charge >= 0.3 is 0 Å². The summed E-state index contributed by atoms with van der Waals surface area (Å²) in [5, 5.41) is 0. The quantitative estimate of drug-likeness (QED) is 0.870. The molecule has 0 spiro atoms. The summed E-state index contributed by atoms with van der Waals surface area (Å²) in [7, 11) is -3.18. The fraction of sp³-hybridized carbons (Fsp3) is 0.417. The van der Waals surface area contributed by atoms with E-state index < -0.39 is 10.0 Å². The molecule has 0 saturated heterocycles. The number of sulfonamides is 1. The van der Waals surface area contributed by atoms with Gasteiger partial charge in [-0.25, -0.2) is 18.1 Å². The summed E-state index contributed by atoms with van der Waals surface area (Å²) in [5.41, 5.74) is 2.30. The van der Waals surface area contributed by atoms with Crippen LogP contribution in [-0.4, -0.2) is 19.2 Å². The third kappa shape index (κ3) is 3.30. The number of hydrogen-bond donors (Lipinski definition) is 1. The van der Waals surface area contributed by atoms with Crippen molar-refractivity contribution in [2.24, 2.45) is 0 Å². The average molecular weight is 268 g/mol. The third-order valence-electron chi connectivity index (χ3n) is 2.66. The molecular weight excluding hydrogens is 252 g/mol. The zero-order valence-corrected chi connectivity index (χ0v) is 11.0. The van der Waals surface area contributed by atoms with Crippen molar-refractivity contribution in [1.29, 1.82) is 0 Å². The molecule has 0 amide bonds. The van der Waals surface area contributed by atoms with Crippen molar-refractivity contribution in [3.8, 4) is 0 Å². The normalized spacial score (nSPS) is 12.1. The van der Waals surface area contributed by atoms with Gasteiger partial charge in [-0.15, -0.1) is 0 Å². The van der Waals surface area contributed by atoms with Gasteiger partial charge in [0.05, 0.1) is 5.75 Å². The Balaban J connectivity index is 2.01. The van der Waals surface area contributed by atoms with Crippen molar-refractivity contribution in [3.05, 3.63) is 30.2 Å². The maximum Gasteiger partial charge on any atom is 0.211 e. The molecule has 0 aliphatic carbocycles. The lowest BCUT2D eigenvalue weighted by atomic mass is 10.2. The molecule has 0 aliphatic heterocycles. The van der Waals surface area contributed by atoms with E-state index in [1.807, 2.05) is 19.1 Å². The predicted molar refractivity (Wildman–Crippen MR) is 69.5 cm³/mol. The Hall–Kier alpha value is -1.40. The average Bonchev–Trinajstić information content (AvgIpc) is 2.81. The molecule has 0 fully saturated rings. The molecule has 1 N–H and O–H groups in total. The Kier molecular flexibility index (Phi) is 3.98. The molecule has 1 heterocycles. The summed E-state index contributed by atoms with van der Waals surface area (Å²) < 4.78 is 31.0. The van der Waals surface area contributed by atoms with Gasteiger partial charge in [0.15, 0.2) is 12.0 Å². The van der Waals surface area contributed by atoms with Gasteiger partial charge in [-0.2, -0.15) is 0 Å². The first-order chi connectivity index (χ1) is 8.61. The van der Waals surface area contributed by atoms with Crippen molar-refractivity contribution in [2.45, 2.75) is 26.3 Å². The second-order valence-electron chi connectivity index (χ2n) is 4.15. The molecule has 2 rings (SSSR count). The van der Waals surface area contributed by atoms with Crippen LogP contribution in [0.25, 0.3) is 11.1 Å². The molecule has 5 nitrogen and oxygen atoms in total. The number of fused-ring (bicyclic) bond motifs is 1. The summed E-state index contributed by atoms with van der Waals surface area (Å²) in [6.07, 6.45) is 2.92. The van der Waals surface area contributed by atoms with E-state index in [2.05, 4.69) is 9.71 Å². The van der Waals surface area contributed by atoms with Crippen LogP contribution in [-0.2, 0) is 16.6 Å². The number of rotatable bonds is 6. The first-order valence-corrected chi connectivity index (χ1v) is 7.55. The molecule has 0 aliphatic rings. The number of unbranched alkanes of at least 4 members (excludes halogenated alkanes) is 1. The molecule has 0 atom stereocenters. The van der Waals surface area contributed by atoms with Crippen LogP contribution in [0.2, 0.25) is 0 Å². The van der Waals surface area contributed by atoms with Crippen LogP contribution in [0.1, 0.15) is 25.3 Å². The van der Waals surface area contributed by atoms with Gasteiger partial charge in [-0.1, -0.05) is 19.4 Å². The van der Waals surface area contributed by atoms with Gasteiger partial charge in [0.1, 0.15) is 5.52 Å². The summed E-state index contributed by atoms with van der Waals surface area (Å²) in [5.74, 6) is 0.175. The molecule has 98 valence electrons. The number of oxazole rings is 1. The molecule has 0 bridgehead atoms. The zero-order valence-electron chi connectivity index (χ0n) is 10.2. The highest BCUT2D eigenvalue weighted by Crippen LogP contribution is 2.14. The van der Waals surface area contributed by atoms with E-state index in [0.29, 0.717) is 12.0 Å². The highest BCUT2D eigenvalue weighted by Gasteiger charge is 2.09. The monoisotopic (exact) mass is 268 g/mol. The molecular formula is C12H16N2O3S. The van der Waals surface area contributed by atoms with Crippen molar-refractivity contribution in [2.75, 3.05) is 5.75 Å². The molecule has 0 saturated carbocycles. The van der Waals surface area contributed by atoms with Gasteiger partial charge < -0.3 is 4.42 Å². The maximum atomic E-state index is 11.6. The molecule has 6 heteroatoms. The van der Waals surface area contributed by atoms with E-state index in [1.165, 1.54) is 6.39 Å². The van der Waals surface area contributed by atoms with Crippen molar-refractivity contribution < 1.29 is 12.8 Å². The Bertz CT molecular complexity index is 619. The Morgan fingerprint density at radius 3 is 3.00 bits per heavy atom. The Labute approximate surface area is 106 Å². The molecule has 0 radical (unpaired) electrons. The van der Waals surface area contributed by atoms with E-state index in [9.17, 15) is 8.42 Å². The standard InChI is InChI=1S/C12H16N2O3S/c1-2-3-6-18(15,16)14-8-10-4-5-11-12(7-10)17-9-13-11/h4-5,7,9,14H,2-3,6,8H2,1H3. The van der Waals surface area contributed by atoms with E-state index in [4.69, 9.17) is 4.42 Å². The van der Waals surface area contributed by atoms with Crippen molar-refractivity contribution in [1.82, 2.24) is 9.71 Å². The van der Waals surface area contributed by atoms with Gasteiger partial charge in [-0.05, 0) is 24.1 Å². The number of aromatic nitrogens is 1. The lowest BCUT2D eigenvalue weighted by Crippen LogP contribution is -2.25. The van der Waals surface area contributed by atoms with Crippen LogP contribution in [0.3, 0.4) is 0 Å².